The lowest BCUT2D eigenvalue weighted by atomic mass is 9.90. The average Bonchev–Trinajstić information content (AvgIpc) is 2.74. The lowest BCUT2D eigenvalue weighted by molar-refractivity contribution is -0.137. The van der Waals surface area contributed by atoms with Gasteiger partial charge in [-0.3, -0.25) is 4.79 Å². The van der Waals surface area contributed by atoms with Gasteiger partial charge >= 0.3 is 6.18 Å². The number of nitriles is 1. The number of benzene rings is 1. The maximum Gasteiger partial charge on any atom is 0.417 e. The Morgan fingerprint density at radius 3 is 2.42 bits per heavy atom. The van der Waals surface area contributed by atoms with E-state index in [0.29, 0.717) is 48.3 Å². The van der Waals surface area contributed by atoms with E-state index in [0.717, 1.165) is 6.07 Å². The minimum atomic E-state index is -4.59. The Hall–Kier alpha value is -3.28. The fourth-order valence-electron chi connectivity index (χ4n) is 4.08. The first-order chi connectivity index (χ1) is 15.6. The Balaban J connectivity index is 1.58. The van der Waals surface area contributed by atoms with Crippen LogP contribution in [0.4, 0.5) is 24.7 Å². The second-order valence-corrected chi connectivity index (χ2v) is 8.72. The third kappa shape index (κ3) is 6.37. The molecule has 1 aliphatic carbocycles. The summed E-state index contributed by atoms with van der Waals surface area (Å²) in [7, 11) is 0. The van der Waals surface area contributed by atoms with E-state index in [1.807, 2.05) is 13.8 Å². The Labute approximate surface area is 191 Å². The topological polar surface area (TPSA) is 89.8 Å². The Bertz CT molecular complexity index is 1040. The van der Waals surface area contributed by atoms with Crippen LogP contribution in [0.3, 0.4) is 0 Å². The van der Waals surface area contributed by atoms with Gasteiger partial charge in [0.15, 0.2) is 0 Å². The maximum absolute atomic E-state index is 13.3. The number of amides is 1. The van der Waals surface area contributed by atoms with Crippen LogP contribution in [0.25, 0.3) is 0 Å². The van der Waals surface area contributed by atoms with Crippen LogP contribution in [0.2, 0.25) is 0 Å². The Kier molecular flexibility index (Phi) is 7.46. The molecule has 3 rings (SSSR count). The van der Waals surface area contributed by atoms with Crippen molar-refractivity contribution in [1.29, 1.82) is 5.26 Å². The zero-order chi connectivity index (χ0) is 24.2. The van der Waals surface area contributed by atoms with Crippen molar-refractivity contribution in [3.8, 4) is 6.07 Å². The van der Waals surface area contributed by atoms with E-state index in [9.17, 15) is 18.0 Å². The number of carbonyl (C=O) groups is 1. The molecule has 1 aliphatic rings. The van der Waals surface area contributed by atoms with E-state index in [4.69, 9.17) is 5.26 Å². The predicted octanol–water partition coefficient (Wildman–Crippen LogP) is 5.25. The minimum absolute atomic E-state index is 0.00124. The summed E-state index contributed by atoms with van der Waals surface area (Å²) >= 11 is 0. The molecule has 1 aromatic heterocycles. The van der Waals surface area contributed by atoms with Crippen LogP contribution >= 0.6 is 0 Å². The van der Waals surface area contributed by atoms with E-state index in [1.165, 1.54) is 6.92 Å². The van der Waals surface area contributed by atoms with Gasteiger partial charge in [-0.1, -0.05) is 0 Å². The molecule has 0 radical (unpaired) electrons. The number of hydrogen-bond acceptors (Lipinski definition) is 5. The predicted molar refractivity (Wildman–Crippen MR) is 121 cm³/mol. The van der Waals surface area contributed by atoms with Crippen LogP contribution < -0.4 is 16.0 Å². The number of anilines is 2. The molecule has 3 N–H and O–H groups in total. The summed E-state index contributed by atoms with van der Waals surface area (Å²) in [5.41, 5.74) is -0.0895. The summed E-state index contributed by atoms with van der Waals surface area (Å²) < 4.78 is 40.0. The van der Waals surface area contributed by atoms with Gasteiger partial charge in [-0.05, 0) is 76.3 Å². The summed E-state index contributed by atoms with van der Waals surface area (Å²) in [6.45, 7) is 5.49. The molecule has 9 heteroatoms. The van der Waals surface area contributed by atoms with E-state index in [1.54, 1.807) is 30.5 Å². The molecule has 1 saturated carbocycles. The minimum Gasteiger partial charge on any atom is -0.382 e. The van der Waals surface area contributed by atoms with Gasteiger partial charge in [-0.2, -0.15) is 18.4 Å². The fourth-order valence-corrected chi connectivity index (χ4v) is 4.08. The van der Waals surface area contributed by atoms with Crippen molar-refractivity contribution in [3.63, 3.8) is 0 Å². The standard InChI is InChI=1S/C24H28F3N5O/c1-14(2)30-22-11-16(8-9-29-22)23(33)32-18-6-4-17(5-7-18)31-19-10-15(3)20(13-28)21(12-19)24(25,26)27/h8-12,14,17-18,31H,4-7H2,1-3H3,(H,29,30)(H,32,33). The van der Waals surface area contributed by atoms with Crippen LogP contribution in [-0.2, 0) is 6.18 Å². The summed E-state index contributed by atoms with van der Waals surface area (Å²) in [4.78, 5) is 16.8. The van der Waals surface area contributed by atoms with Crippen LogP contribution in [0.1, 0.15) is 66.6 Å². The van der Waals surface area contributed by atoms with Crippen LogP contribution in [0.5, 0.6) is 0 Å². The summed E-state index contributed by atoms with van der Waals surface area (Å²) in [6.07, 6.45) is -0.147. The van der Waals surface area contributed by atoms with Crippen molar-refractivity contribution in [2.45, 2.75) is 70.8 Å². The Morgan fingerprint density at radius 1 is 1.15 bits per heavy atom. The highest BCUT2D eigenvalue weighted by Gasteiger charge is 2.35. The van der Waals surface area contributed by atoms with Gasteiger partial charge in [0.1, 0.15) is 11.9 Å². The molecule has 176 valence electrons. The second-order valence-electron chi connectivity index (χ2n) is 8.72. The van der Waals surface area contributed by atoms with Crippen molar-refractivity contribution in [2.24, 2.45) is 0 Å². The zero-order valence-electron chi connectivity index (χ0n) is 18.9. The number of aromatic nitrogens is 1. The molecule has 0 aliphatic heterocycles. The first-order valence-corrected chi connectivity index (χ1v) is 11.0. The van der Waals surface area contributed by atoms with Crippen LogP contribution in [-0.4, -0.2) is 29.0 Å². The molecular formula is C24H28F3N5O. The average molecular weight is 460 g/mol. The molecule has 33 heavy (non-hydrogen) atoms. The van der Waals surface area contributed by atoms with Gasteiger partial charge in [0.2, 0.25) is 0 Å². The number of nitrogens with zero attached hydrogens (tertiary/aromatic N) is 2. The normalized spacial score (nSPS) is 18.5. The van der Waals surface area contributed by atoms with Gasteiger partial charge in [-0.15, -0.1) is 0 Å². The zero-order valence-corrected chi connectivity index (χ0v) is 18.9. The van der Waals surface area contributed by atoms with Crippen molar-refractivity contribution in [3.05, 3.63) is 52.7 Å². The van der Waals surface area contributed by atoms with E-state index >= 15 is 0 Å². The molecule has 0 bridgehead atoms. The summed E-state index contributed by atoms with van der Waals surface area (Å²) in [5, 5.41) is 18.5. The second kappa shape index (κ2) is 10.1. The van der Waals surface area contributed by atoms with E-state index in [2.05, 4.69) is 20.9 Å². The molecular weight excluding hydrogens is 431 g/mol. The third-order valence-corrected chi connectivity index (χ3v) is 5.64. The first-order valence-electron chi connectivity index (χ1n) is 11.0. The summed E-state index contributed by atoms with van der Waals surface area (Å²) in [5.74, 6) is 0.472. The molecule has 0 spiro atoms. The smallest absolute Gasteiger partial charge is 0.382 e. The quantitative estimate of drug-likeness (QED) is 0.549. The van der Waals surface area contributed by atoms with Crippen LogP contribution in [0, 0.1) is 18.3 Å². The highest BCUT2D eigenvalue weighted by molar-refractivity contribution is 5.95. The molecule has 1 aromatic carbocycles. The number of nitrogens with one attached hydrogen (secondary N) is 3. The number of alkyl halides is 3. The monoisotopic (exact) mass is 459 g/mol. The summed E-state index contributed by atoms with van der Waals surface area (Å²) in [6, 6.07) is 7.81. The van der Waals surface area contributed by atoms with Gasteiger partial charge in [0.05, 0.1) is 11.1 Å². The Morgan fingerprint density at radius 2 is 1.82 bits per heavy atom. The van der Waals surface area contributed by atoms with Gasteiger partial charge in [0.25, 0.3) is 5.91 Å². The lowest BCUT2D eigenvalue weighted by Crippen LogP contribution is -2.40. The van der Waals surface area contributed by atoms with Crippen molar-refractivity contribution >= 4 is 17.4 Å². The van der Waals surface area contributed by atoms with E-state index in [-0.39, 0.29) is 29.6 Å². The van der Waals surface area contributed by atoms with Crippen molar-refractivity contribution < 1.29 is 18.0 Å². The fraction of sp³-hybridized carbons (Fsp3) is 0.458. The van der Waals surface area contributed by atoms with Crippen molar-refractivity contribution in [2.75, 3.05) is 10.6 Å². The molecule has 1 amide bonds. The number of carbonyl (C=O) groups excluding carboxylic acids is 1. The number of pyridine rings is 1. The molecule has 1 heterocycles. The van der Waals surface area contributed by atoms with Gasteiger partial charge in [-0.25, -0.2) is 4.98 Å². The third-order valence-electron chi connectivity index (χ3n) is 5.64. The van der Waals surface area contributed by atoms with E-state index < -0.39 is 11.7 Å². The molecule has 2 aromatic rings. The SMILES string of the molecule is Cc1cc(NC2CCC(NC(=O)c3ccnc(NC(C)C)c3)CC2)cc(C(F)(F)F)c1C#N. The highest BCUT2D eigenvalue weighted by atomic mass is 19.4. The molecule has 0 saturated heterocycles. The number of halogens is 3. The molecule has 1 fully saturated rings. The number of rotatable bonds is 6. The number of aryl methyl sites for hydroxylation is 1. The first kappa shape index (κ1) is 24.4. The molecule has 6 nitrogen and oxygen atoms in total. The number of hydrogen-bond donors (Lipinski definition) is 3. The molecule has 0 atom stereocenters. The van der Waals surface area contributed by atoms with Crippen LogP contribution in [0.15, 0.2) is 30.5 Å². The highest BCUT2D eigenvalue weighted by Crippen LogP contribution is 2.36. The molecule has 0 unspecified atom stereocenters. The van der Waals surface area contributed by atoms with Crippen molar-refractivity contribution in [1.82, 2.24) is 10.3 Å². The van der Waals surface area contributed by atoms with Gasteiger partial charge in [0, 0.05) is 35.6 Å². The largest absolute Gasteiger partial charge is 0.417 e. The lowest BCUT2D eigenvalue weighted by Gasteiger charge is -2.30. The van der Waals surface area contributed by atoms with Gasteiger partial charge < -0.3 is 16.0 Å². The maximum atomic E-state index is 13.3.